The number of halogens is 2. The molecule has 1 heterocycles. The molecular weight excluding hydrogens is 320 g/mol. The second kappa shape index (κ2) is 4.69. The van der Waals surface area contributed by atoms with Gasteiger partial charge in [0, 0.05) is 21.5 Å². The van der Waals surface area contributed by atoms with Gasteiger partial charge >= 0.3 is 0 Å². The maximum absolute atomic E-state index is 13.5. The van der Waals surface area contributed by atoms with Crippen LogP contribution in [0.15, 0.2) is 42.7 Å². The topological polar surface area (TPSA) is 30.0 Å². The molecular formula is C12H7FINO. The average molecular weight is 327 g/mol. The number of pyridine rings is 1. The molecule has 0 saturated heterocycles. The molecule has 0 saturated carbocycles. The minimum atomic E-state index is -0.492. The zero-order valence-electron chi connectivity index (χ0n) is 8.15. The van der Waals surface area contributed by atoms with E-state index in [0.717, 1.165) is 0 Å². The Morgan fingerprint density at radius 1 is 1.19 bits per heavy atom. The van der Waals surface area contributed by atoms with Crippen LogP contribution in [0, 0.1) is 9.39 Å². The van der Waals surface area contributed by atoms with Gasteiger partial charge in [0.25, 0.3) is 0 Å². The third kappa shape index (κ3) is 2.11. The fourth-order valence-corrected chi connectivity index (χ4v) is 2.07. The van der Waals surface area contributed by atoms with E-state index in [1.165, 1.54) is 18.5 Å². The smallest absolute Gasteiger partial charge is 0.197 e. The molecule has 2 rings (SSSR count). The van der Waals surface area contributed by atoms with Crippen molar-refractivity contribution in [1.82, 2.24) is 4.98 Å². The van der Waals surface area contributed by atoms with Gasteiger partial charge in [-0.05, 0) is 46.9 Å². The van der Waals surface area contributed by atoms with E-state index in [4.69, 9.17) is 0 Å². The van der Waals surface area contributed by atoms with Crippen LogP contribution in [-0.2, 0) is 0 Å². The zero-order valence-corrected chi connectivity index (χ0v) is 10.3. The van der Waals surface area contributed by atoms with Crippen LogP contribution in [0.25, 0.3) is 0 Å². The molecule has 0 aliphatic carbocycles. The van der Waals surface area contributed by atoms with E-state index >= 15 is 0 Å². The van der Waals surface area contributed by atoms with Crippen molar-refractivity contribution >= 4 is 28.4 Å². The minimum absolute atomic E-state index is 0.120. The predicted molar refractivity (Wildman–Crippen MR) is 66.8 cm³/mol. The standard InChI is InChI=1S/C12H7FINO/c13-9-2-1-3-10(14)11(9)12(16)8-4-6-15-7-5-8/h1-7H. The summed E-state index contributed by atoms with van der Waals surface area (Å²) in [6, 6.07) is 7.73. The molecule has 2 aromatic rings. The number of hydrogen-bond donors (Lipinski definition) is 0. The lowest BCUT2D eigenvalue weighted by molar-refractivity contribution is 0.103. The van der Waals surface area contributed by atoms with Crippen molar-refractivity contribution in [3.8, 4) is 0 Å². The zero-order chi connectivity index (χ0) is 11.5. The molecule has 1 aromatic heterocycles. The number of ketones is 1. The van der Waals surface area contributed by atoms with Crippen molar-refractivity contribution in [2.24, 2.45) is 0 Å². The largest absolute Gasteiger partial charge is 0.288 e. The number of rotatable bonds is 2. The number of nitrogens with zero attached hydrogens (tertiary/aromatic N) is 1. The van der Waals surface area contributed by atoms with Crippen LogP contribution in [0.3, 0.4) is 0 Å². The summed E-state index contributed by atoms with van der Waals surface area (Å²) in [7, 11) is 0. The summed E-state index contributed by atoms with van der Waals surface area (Å²) >= 11 is 1.95. The van der Waals surface area contributed by atoms with Crippen LogP contribution in [0.2, 0.25) is 0 Å². The van der Waals surface area contributed by atoms with Gasteiger partial charge in [0.05, 0.1) is 5.56 Å². The Morgan fingerprint density at radius 2 is 1.88 bits per heavy atom. The molecule has 0 unspecified atom stereocenters. The first kappa shape index (κ1) is 11.2. The lowest BCUT2D eigenvalue weighted by Crippen LogP contribution is -2.06. The average Bonchev–Trinajstić information content (AvgIpc) is 2.30. The summed E-state index contributed by atoms with van der Waals surface area (Å²) in [5.74, 6) is -0.807. The van der Waals surface area contributed by atoms with Gasteiger partial charge in [0.15, 0.2) is 5.78 Å². The molecule has 0 radical (unpaired) electrons. The minimum Gasteiger partial charge on any atom is -0.288 e. The van der Waals surface area contributed by atoms with E-state index in [1.54, 1.807) is 24.3 Å². The summed E-state index contributed by atoms with van der Waals surface area (Å²) in [4.78, 5) is 15.8. The highest BCUT2D eigenvalue weighted by Crippen LogP contribution is 2.19. The summed E-state index contributed by atoms with van der Waals surface area (Å²) < 4.78 is 14.2. The highest BCUT2D eigenvalue weighted by Gasteiger charge is 2.16. The number of benzene rings is 1. The predicted octanol–water partition coefficient (Wildman–Crippen LogP) is 3.06. The van der Waals surface area contributed by atoms with Crippen molar-refractivity contribution in [3.63, 3.8) is 0 Å². The normalized spacial score (nSPS) is 10.1. The lowest BCUT2D eigenvalue weighted by atomic mass is 10.0. The first-order valence-corrected chi connectivity index (χ1v) is 5.67. The Labute approximate surface area is 106 Å². The van der Waals surface area contributed by atoms with E-state index in [0.29, 0.717) is 9.13 Å². The molecule has 0 spiro atoms. The van der Waals surface area contributed by atoms with E-state index in [2.05, 4.69) is 4.98 Å². The van der Waals surface area contributed by atoms with Gasteiger partial charge in [0.2, 0.25) is 0 Å². The van der Waals surface area contributed by atoms with Gasteiger partial charge in [-0.3, -0.25) is 9.78 Å². The quantitative estimate of drug-likeness (QED) is 0.627. The van der Waals surface area contributed by atoms with Crippen LogP contribution in [0.1, 0.15) is 15.9 Å². The van der Waals surface area contributed by atoms with Crippen LogP contribution < -0.4 is 0 Å². The first-order valence-electron chi connectivity index (χ1n) is 4.59. The highest BCUT2D eigenvalue weighted by molar-refractivity contribution is 14.1. The highest BCUT2D eigenvalue weighted by atomic mass is 127. The van der Waals surface area contributed by atoms with E-state index < -0.39 is 5.82 Å². The summed E-state index contributed by atoms with van der Waals surface area (Å²) in [6.07, 6.45) is 3.03. The summed E-state index contributed by atoms with van der Waals surface area (Å²) in [5, 5.41) is 0. The SMILES string of the molecule is O=C(c1ccncc1)c1c(F)cccc1I. The molecule has 0 aliphatic heterocycles. The van der Waals surface area contributed by atoms with Crippen LogP contribution in [0.4, 0.5) is 4.39 Å². The van der Waals surface area contributed by atoms with Crippen molar-refractivity contribution in [1.29, 1.82) is 0 Å². The maximum atomic E-state index is 13.5. The van der Waals surface area contributed by atoms with Gasteiger partial charge in [-0.15, -0.1) is 0 Å². The van der Waals surface area contributed by atoms with Crippen molar-refractivity contribution in [3.05, 3.63) is 63.2 Å². The Bertz CT molecular complexity index is 508. The van der Waals surface area contributed by atoms with Gasteiger partial charge in [-0.1, -0.05) is 6.07 Å². The van der Waals surface area contributed by atoms with E-state index in [-0.39, 0.29) is 11.3 Å². The first-order chi connectivity index (χ1) is 7.70. The van der Waals surface area contributed by atoms with Gasteiger partial charge in [0.1, 0.15) is 5.82 Å². The monoisotopic (exact) mass is 327 g/mol. The second-order valence-electron chi connectivity index (χ2n) is 3.16. The molecule has 0 amide bonds. The molecule has 16 heavy (non-hydrogen) atoms. The summed E-state index contributed by atoms with van der Waals surface area (Å²) in [6.45, 7) is 0. The molecule has 0 bridgehead atoms. The molecule has 80 valence electrons. The molecule has 0 N–H and O–H groups in total. The van der Waals surface area contributed by atoms with Crippen molar-refractivity contribution in [2.45, 2.75) is 0 Å². The van der Waals surface area contributed by atoms with Crippen LogP contribution in [-0.4, -0.2) is 10.8 Å². The number of hydrogen-bond acceptors (Lipinski definition) is 2. The Balaban J connectivity index is 2.50. The lowest BCUT2D eigenvalue weighted by Gasteiger charge is -2.04. The molecule has 1 aromatic carbocycles. The van der Waals surface area contributed by atoms with Crippen molar-refractivity contribution < 1.29 is 9.18 Å². The van der Waals surface area contributed by atoms with Gasteiger partial charge < -0.3 is 0 Å². The third-order valence-corrected chi connectivity index (χ3v) is 3.03. The Hall–Kier alpha value is -1.30. The Morgan fingerprint density at radius 3 is 2.50 bits per heavy atom. The molecule has 0 fully saturated rings. The van der Waals surface area contributed by atoms with Crippen LogP contribution >= 0.6 is 22.6 Å². The van der Waals surface area contributed by atoms with Gasteiger partial charge in [-0.25, -0.2) is 4.39 Å². The molecule has 0 aliphatic rings. The van der Waals surface area contributed by atoms with E-state index in [9.17, 15) is 9.18 Å². The van der Waals surface area contributed by atoms with Crippen molar-refractivity contribution in [2.75, 3.05) is 0 Å². The number of carbonyl (C=O) groups excluding carboxylic acids is 1. The van der Waals surface area contributed by atoms with Crippen LogP contribution in [0.5, 0.6) is 0 Å². The summed E-state index contributed by atoms with van der Waals surface area (Å²) in [5.41, 5.74) is 0.562. The fraction of sp³-hybridized carbons (Fsp3) is 0. The third-order valence-electron chi connectivity index (χ3n) is 2.13. The Kier molecular flexibility index (Phi) is 3.28. The molecule has 0 atom stereocenters. The molecule has 2 nitrogen and oxygen atoms in total. The number of aromatic nitrogens is 1. The second-order valence-corrected chi connectivity index (χ2v) is 4.32. The number of carbonyl (C=O) groups is 1. The van der Waals surface area contributed by atoms with E-state index in [1.807, 2.05) is 22.6 Å². The molecule has 4 heteroatoms. The van der Waals surface area contributed by atoms with Gasteiger partial charge in [-0.2, -0.15) is 0 Å². The fourth-order valence-electron chi connectivity index (χ4n) is 1.36. The maximum Gasteiger partial charge on any atom is 0.197 e.